The molecule has 2 heteroatoms. The molecular formula is C19H32N2. The van der Waals surface area contributed by atoms with Crippen molar-refractivity contribution in [2.45, 2.75) is 65.0 Å². The highest BCUT2D eigenvalue weighted by Crippen LogP contribution is 2.33. The van der Waals surface area contributed by atoms with Gasteiger partial charge in [0, 0.05) is 18.6 Å². The molecule has 1 heterocycles. The Bertz CT molecular complexity index is 442. The first-order valence-electron chi connectivity index (χ1n) is 8.41. The first-order valence-corrected chi connectivity index (χ1v) is 8.41. The number of nitrogens with zero attached hydrogens (tertiary/aromatic N) is 1. The fraction of sp³-hybridized carbons (Fsp3) is 0.684. The Morgan fingerprint density at radius 1 is 1.19 bits per heavy atom. The molecule has 1 aliphatic heterocycles. The van der Waals surface area contributed by atoms with E-state index < -0.39 is 0 Å². The third-order valence-corrected chi connectivity index (χ3v) is 4.90. The van der Waals surface area contributed by atoms with Gasteiger partial charge < -0.3 is 5.73 Å². The second kappa shape index (κ2) is 6.50. The van der Waals surface area contributed by atoms with Crippen LogP contribution in [0, 0.1) is 5.92 Å². The second-order valence-corrected chi connectivity index (χ2v) is 7.81. The fourth-order valence-electron chi connectivity index (χ4n) is 3.59. The molecule has 1 aliphatic rings. The van der Waals surface area contributed by atoms with Crippen molar-refractivity contribution in [3.8, 4) is 0 Å². The normalized spacial score (nSPS) is 22.0. The molecular weight excluding hydrogens is 256 g/mol. The smallest absolute Gasteiger partial charge is 0.0473 e. The van der Waals surface area contributed by atoms with Crippen LogP contribution < -0.4 is 5.73 Å². The lowest BCUT2D eigenvalue weighted by Gasteiger charge is -2.35. The first-order chi connectivity index (χ1) is 9.84. The Kier molecular flexibility index (Phi) is 5.11. The van der Waals surface area contributed by atoms with Crippen molar-refractivity contribution in [1.82, 2.24) is 4.90 Å². The Hall–Kier alpha value is -0.860. The van der Waals surface area contributed by atoms with Gasteiger partial charge in [0.25, 0.3) is 0 Å². The second-order valence-electron chi connectivity index (χ2n) is 7.81. The molecule has 2 rings (SSSR count). The van der Waals surface area contributed by atoms with E-state index in [-0.39, 0.29) is 5.41 Å². The van der Waals surface area contributed by atoms with E-state index in [9.17, 15) is 0 Å². The molecule has 0 aromatic heterocycles. The van der Waals surface area contributed by atoms with Gasteiger partial charge in [-0.05, 0) is 41.8 Å². The third kappa shape index (κ3) is 3.67. The molecule has 2 nitrogen and oxygen atoms in total. The molecule has 1 saturated heterocycles. The topological polar surface area (TPSA) is 29.3 Å². The molecule has 1 aromatic rings. The van der Waals surface area contributed by atoms with Crippen molar-refractivity contribution in [2.24, 2.45) is 11.7 Å². The maximum Gasteiger partial charge on any atom is 0.0473 e. The molecule has 0 radical (unpaired) electrons. The van der Waals surface area contributed by atoms with E-state index in [4.69, 9.17) is 5.73 Å². The summed E-state index contributed by atoms with van der Waals surface area (Å²) in [6, 6.07) is 10.2. The number of hydrogen-bond acceptors (Lipinski definition) is 2. The van der Waals surface area contributed by atoms with Crippen LogP contribution in [0.4, 0.5) is 0 Å². The zero-order valence-corrected chi connectivity index (χ0v) is 14.4. The van der Waals surface area contributed by atoms with E-state index in [0.29, 0.717) is 24.5 Å². The van der Waals surface area contributed by atoms with Crippen molar-refractivity contribution < 1.29 is 0 Å². The van der Waals surface area contributed by atoms with Gasteiger partial charge in [-0.25, -0.2) is 0 Å². The van der Waals surface area contributed by atoms with Crippen LogP contribution in [0.1, 0.15) is 64.6 Å². The van der Waals surface area contributed by atoms with Crippen molar-refractivity contribution in [3.63, 3.8) is 0 Å². The van der Waals surface area contributed by atoms with E-state index in [1.54, 1.807) is 0 Å². The van der Waals surface area contributed by atoms with Crippen molar-refractivity contribution in [1.29, 1.82) is 0 Å². The zero-order chi connectivity index (χ0) is 15.6. The van der Waals surface area contributed by atoms with E-state index in [2.05, 4.69) is 63.8 Å². The van der Waals surface area contributed by atoms with Crippen LogP contribution in [0.15, 0.2) is 24.3 Å². The molecule has 2 N–H and O–H groups in total. The maximum absolute atomic E-state index is 6.13. The molecule has 1 fully saturated rings. The summed E-state index contributed by atoms with van der Waals surface area (Å²) in [5.74, 6) is 0.704. The van der Waals surface area contributed by atoms with E-state index >= 15 is 0 Å². The summed E-state index contributed by atoms with van der Waals surface area (Å²) in [5, 5.41) is 0. The summed E-state index contributed by atoms with van der Waals surface area (Å²) in [7, 11) is 0. The summed E-state index contributed by atoms with van der Waals surface area (Å²) in [6.07, 6.45) is 2.62. The molecule has 1 aromatic carbocycles. The minimum absolute atomic E-state index is 0.213. The lowest BCUT2D eigenvalue weighted by atomic mass is 9.86. The Balaban J connectivity index is 2.21. The SMILES string of the molecule is CC(C)C1CCCN1C(CN)c1ccc(C(C)(C)C)cc1. The number of hydrogen-bond donors (Lipinski definition) is 1. The lowest BCUT2D eigenvalue weighted by molar-refractivity contribution is 0.149. The molecule has 118 valence electrons. The molecule has 0 spiro atoms. The van der Waals surface area contributed by atoms with E-state index in [1.807, 2.05) is 0 Å². The van der Waals surface area contributed by atoms with E-state index in [1.165, 1.54) is 30.5 Å². The number of nitrogens with two attached hydrogens (primary N) is 1. The molecule has 2 atom stereocenters. The fourth-order valence-corrected chi connectivity index (χ4v) is 3.59. The van der Waals surface area contributed by atoms with Crippen LogP contribution >= 0.6 is 0 Å². The van der Waals surface area contributed by atoms with Gasteiger partial charge in [0.1, 0.15) is 0 Å². The standard InChI is InChI=1S/C19H32N2/c1-14(2)17-7-6-12-21(17)18(13-20)15-8-10-16(11-9-15)19(3,4)5/h8-11,14,17-18H,6-7,12-13,20H2,1-5H3. The molecule has 2 unspecified atom stereocenters. The third-order valence-electron chi connectivity index (χ3n) is 4.90. The number of likely N-dealkylation sites (tertiary alicyclic amines) is 1. The van der Waals surface area contributed by atoms with Crippen LogP contribution in [-0.2, 0) is 5.41 Å². The zero-order valence-electron chi connectivity index (χ0n) is 14.4. The van der Waals surface area contributed by atoms with Gasteiger partial charge in [0.05, 0.1) is 0 Å². The Labute approximate surface area is 130 Å². The summed E-state index contributed by atoms with van der Waals surface area (Å²) in [4.78, 5) is 2.64. The van der Waals surface area contributed by atoms with Gasteiger partial charge >= 0.3 is 0 Å². The predicted molar refractivity (Wildman–Crippen MR) is 91.5 cm³/mol. The highest BCUT2D eigenvalue weighted by Gasteiger charge is 2.32. The van der Waals surface area contributed by atoms with Crippen LogP contribution in [0.2, 0.25) is 0 Å². The van der Waals surface area contributed by atoms with Crippen LogP contribution in [0.25, 0.3) is 0 Å². The minimum atomic E-state index is 0.213. The maximum atomic E-state index is 6.13. The van der Waals surface area contributed by atoms with Crippen LogP contribution in [-0.4, -0.2) is 24.0 Å². The lowest BCUT2D eigenvalue weighted by Crippen LogP contribution is -2.40. The molecule has 0 aliphatic carbocycles. The molecule has 0 saturated carbocycles. The molecule has 0 bridgehead atoms. The van der Waals surface area contributed by atoms with Gasteiger partial charge in [-0.15, -0.1) is 0 Å². The molecule has 21 heavy (non-hydrogen) atoms. The highest BCUT2D eigenvalue weighted by atomic mass is 15.2. The van der Waals surface area contributed by atoms with Gasteiger partial charge in [-0.2, -0.15) is 0 Å². The first kappa shape index (κ1) is 16.5. The minimum Gasteiger partial charge on any atom is -0.329 e. The van der Waals surface area contributed by atoms with Crippen LogP contribution in [0.3, 0.4) is 0 Å². The summed E-state index contributed by atoms with van der Waals surface area (Å²) >= 11 is 0. The van der Waals surface area contributed by atoms with Gasteiger partial charge in [-0.3, -0.25) is 4.90 Å². The molecule has 0 amide bonds. The Morgan fingerprint density at radius 2 is 1.81 bits per heavy atom. The van der Waals surface area contributed by atoms with Crippen molar-refractivity contribution >= 4 is 0 Å². The average molecular weight is 288 g/mol. The largest absolute Gasteiger partial charge is 0.329 e. The summed E-state index contributed by atoms with van der Waals surface area (Å²) < 4.78 is 0. The average Bonchev–Trinajstić information content (AvgIpc) is 2.88. The summed E-state index contributed by atoms with van der Waals surface area (Å²) in [6.45, 7) is 13.3. The number of rotatable bonds is 4. The number of benzene rings is 1. The monoisotopic (exact) mass is 288 g/mol. The van der Waals surface area contributed by atoms with Gasteiger partial charge in [-0.1, -0.05) is 58.9 Å². The summed E-state index contributed by atoms with van der Waals surface area (Å²) in [5.41, 5.74) is 9.11. The van der Waals surface area contributed by atoms with Gasteiger partial charge in [0.2, 0.25) is 0 Å². The van der Waals surface area contributed by atoms with E-state index in [0.717, 1.165) is 0 Å². The predicted octanol–water partition coefficient (Wildman–Crippen LogP) is 4.10. The Morgan fingerprint density at radius 3 is 2.29 bits per heavy atom. The van der Waals surface area contributed by atoms with Crippen molar-refractivity contribution in [3.05, 3.63) is 35.4 Å². The highest BCUT2D eigenvalue weighted by molar-refractivity contribution is 5.29. The van der Waals surface area contributed by atoms with Crippen LogP contribution in [0.5, 0.6) is 0 Å². The van der Waals surface area contributed by atoms with Gasteiger partial charge in [0.15, 0.2) is 0 Å². The van der Waals surface area contributed by atoms with Crippen molar-refractivity contribution in [2.75, 3.05) is 13.1 Å². The quantitative estimate of drug-likeness (QED) is 0.903.